The third-order valence-corrected chi connectivity index (χ3v) is 2.54. The van der Waals surface area contributed by atoms with E-state index in [1.165, 1.54) is 6.07 Å². The van der Waals surface area contributed by atoms with Crippen LogP contribution in [0.1, 0.15) is 5.56 Å². The summed E-state index contributed by atoms with van der Waals surface area (Å²) in [5.41, 5.74) is 1.18. The normalized spacial score (nSPS) is 10.2. The number of hydrogen-bond donors (Lipinski definition) is 1. The number of nitro benzene ring substituents is 1. The number of nitro groups is 1. The van der Waals surface area contributed by atoms with Gasteiger partial charge in [-0.1, -0.05) is 17.7 Å². The minimum absolute atomic E-state index is 0.113. The van der Waals surface area contributed by atoms with Crippen LogP contribution in [0.2, 0.25) is 5.02 Å². The SMILES string of the molecule is O=[N+]([O-])c1c(Cl)cccc1NCc1ccoc1. The lowest BCUT2D eigenvalue weighted by Crippen LogP contribution is -2.02. The Balaban J connectivity index is 2.21. The van der Waals surface area contributed by atoms with Crippen LogP contribution < -0.4 is 5.32 Å². The summed E-state index contributed by atoms with van der Waals surface area (Å²) in [6.07, 6.45) is 3.12. The first-order chi connectivity index (χ1) is 8.18. The van der Waals surface area contributed by atoms with Gasteiger partial charge in [-0.3, -0.25) is 10.1 Å². The molecule has 0 atom stereocenters. The maximum absolute atomic E-state index is 10.9. The molecule has 0 unspecified atom stereocenters. The number of benzene rings is 1. The summed E-state index contributed by atoms with van der Waals surface area (Å²) in [5, 5.41) is 13.9. The summed E-state index contributed by atoms with van der Waals surface area (Å²) in [7, 11) is 0. The first-order valence-corrected chi connectivity index (χ1v) is 5.24. The lowest BCUT2D eigenvalue weighted by atomic mass is 10.2. The molecule has 17 heavy (non-hydrogen) atoms. The highest BCUT2D eigenvalue weighted by atomic mass is 35.5. The quantitative estimate of drug-likeness (QED) is 0.668. The van der Waals surface area contributed by atoms with Gasteiger partial charge in [0.1, 0.15) is 10.7 Å². The van der Waals surface area contributed by atoms with Gasteiger partial charge in [0.2, 0.25) is 0 Å². The maximum atomic E-state index is 10.9. The Kier molecular flexibility index (Phi) is 3.30. The largest absolute Gasteiger partial charge is 0.472 e. The highest BCUT2D eigenvalue weighted by Crippen LogP contribution is 2.32. The van der Waals surface area contributed by atoms with Gasteiger partial charge in [0.25, 0.3) is 0 Å². The molecule has 0 spiro atoms. The molecule has 0 aliphatic heterocycles. The zero-order valence-corrected chi connectivity index (χ0v) is 9.48. The van der Waals surface area contributed by atoms with Crippen LogP contribution in [0.3, 0.4) is 0 Å². The van der Waals surface area contributed by atoms with Gasteiger partial charge in [-0.2, -0.15) is 0 Å². The standard InChI is InChI=1S/C11H9ClN2O3/c12-9-2-1-3-10(11(9)14(15)16)13-6-8-4-5-17-7-8/h1-5,7,13H,6H2. The molecule has 0 aliphatic rings. The fraction of sp³-hybridized carbons (Fsp3) is 0.0909. The van der Waals surface area contributed by atoms with Gasteiger partial charge >= 0.3 is 5.69 Å². The molecule has 2 rings (SSSR count). The highest BCUT2D eigenvalue weighted by Gasteiger charge is 2.17. The Bertz CT molecular complexity index is 526. The van der Waals surface area contributed by atoms with E-state index >= 15 is 0 Å². The molecule has 0 radical (unpaired) electrons. The predicted octanol–water partition coefficient (Wildman–Crippen LogP) is 3.45. The third-order valence-electron chi connectivity index (χ3n) is 2.23. The Morgan fingerprint density at radius 2 is 2.24 bits per heavy atom. The van der Waals surface area contributed by atoms with Crippen molar-refractivity contribution in [2.45, 2.75) is 6.54 Å². The zero-order chi connectivity index (χ0) is 12.3. The van der Waals surface area contributed by atoms with Crippen molar-refractivity contribution in [1.29, 1.82) is 0 Å². The molecule has 0 bridgehead atoms. The van der Waals surface area contributed by atoms with Gasteiger partial charge in [0, 0.05) is 12.1 Å². The summed E-state index contributed by atoms with van der Waals surface area (Å²) in [6.45, 7) is 0.442. The van der Waals surface area contributed by atoms with Gasteiger partial charge < -0.3 is 9.73 Å². The van der Waals surface area contributed by atoms with Gasteiger partial charge in [-0.15, -0.1) is 0 Å². The first kappa shape index (κ1) is 11.5. The Labute approximate surface area is 102 Å². The van der Waals surface area contributed by atoms with Crippen LogP contribution in [0.5, 0.6) is 0 Å². The predicted molar refractivity (Wildman–Crippen MR) is 64.1 cm³/mol. The molecule has 1 N–H and O–H groups in total. The molecular formula is C11H9ClN2O3. The average Bonchev–Trinajstić information content (AvgIpc) is 2.78. The molecule has 0 aliphatic carbocycles. The number of nitrogens with one attached hydrogen (secondary N) is 1. The van der Waals surface area contributed by atoms with Crippen LogP contribution in [0.25, 0.3) is 0 Å². The van der Waals surface area contributed by atoms with Crippen molar-refractivity contribution in [3.63, 3.8) is 0 Å². The van der Waals surface area contributed by atoms with Crippen LogP contribution >= 0.6 is 11.6 Å². The van der Waals surface area contributed by atoms with E-state index in [9.17, 15) is 10.1 Å². The van der Waals surface area contributed by atoms with Crippen LogP contribution in [-0.2, 0) is 6.54 Å². The molecule has 88 valence electrons. The fourth-order valence-corrected chi connectivity index (χ4v) is 1.68. The molecule has 6 heteroatoms. The number of nitrogens with zero attached hydrogens (tertiary/aromatic N) is 1. The van der Waals surface area contributed by atoms with E-state index in [1.54, 1.807) is 30.7 Å². The lowest BCUT2D eigenvalue weighted by molar-refractivity contribution is -0.383. The fourth-order valence-electron chi connectivity index (χ4n) is 1.43. The number of hydrogen-bond acceptors (Lipinski definition) is 4. The summed E-state index contributed by atoms with van der Waals surface area (Å²) in [5.74, 6) is 0. The Hall–Kier alpha value is -2.01. The summed E-state index contributed by atoms with van der Waals surface area (Å²) >= 11 is 5.78. The lowest BCUT2D eigenvalue weighted by Gasteiger charge is -2.06. The number of halogens is 1. The number of anilines is 1. The second-order valence-corrected chi connectivity index (χ2v) is 3.79. The minimum atomic E-state index is -0.500. The van der Waals surface area contributed by atoms with Crippen LogP contribution in [0.4, 0.5) is 11.4 Å². The van der Waals surface area contributed by atoms with E-state index in [0.29, 0.717) is 12.2 Å². The molecular weight excluding hydrogens is 244 g/mol. The topological polar surface area (TPSA) is 68.3 Å². The van der Waals surface area contributed by atoms with Crippen LogP contribution in [-0.4, -0.2) is 4.92 Å². The second-order valence-electron chi connectivity index (χ2n) is 3.38. The molecule has 2 aromatic rings. The van der Waals surface area contributed by atoms with E-state index < -0.39 is 4.92 Å². The summed E-state index contributed by atoms with van der Waals surface area (Å²) in [4.78, 5) is 10.4. The van der Waals surface area contributed by atoms with Crippen molar-refractivity contribution in [2.24, 2.45) is 0 Å². The van der Waals surface area contributed by atoms with Crippen molar-refractivity contribution in [3.8, 4) is 0 Å². The van der Waals surface area contributed by atoms with E-state index in [0.717, 1.165) is 5.56 Å². The van der Waals surface area contributed by atoms with Crippen molar-refractivity contribution in [2.75, 3.05) is 5.32 Å². The number of rotatable bonds is 4. The van der Waals surface area contributed by atoms with Gasteiger partial charge in [-0.25, -0.2) is 0 Å². The highest BCUT2D eigenvalue weighted by molar-refractivity contribution is 6.33. The van der Waals surface area contributed by atoms with Crippen molar-refractivity contribution < 1.29 is 9.34 Å². The monoisotopic (exact) mass is 252 g/mol. The molecule has 0 amide bonds. The van der Waals surface area contributed by atoms with Gasteiger partial charge in [-0.05, 0) is 18.2 Å². The molecule has 5 nitrogen and oxygen atoms in total. The second kappa shape index (κ2) is 4.88. The molecule has 1 aromatic heterocycles. The van der Waals surface area contributed by atoms with E-state index in [-0.39, 0.29) is 10.7 Å². The molecule has 0 saturated carbocycles. The molecule has 0 fully saturated rings. The van der Waals surface area contributed by atoms with Gasteiger partial charge in [0.15, 0.2) is 0 Å². The Morgan fingerprint density at radius 3 is 2.88 bits per heavy atom. The van der Waals surface area contributed by atoms with Crippen LogP contribution in [0.15, 0.2) is 41.2 Å². The Morgan fingerprint density at radius 1 is 1.41 bits per heavy atom. The molecule has 0 saturated heterocycles. The molecule has 1 aromatic carbocycles. The smallest absolute Gasteiger partial charge is 0.310 e. The van der Waals surface area contributed by atoms with Gasteiger partial charge in [0.05, 0.1) is 17.4 Å². The maximum Gasteiger partial charge on any atom is 0.310 e. The first-order valence-electron chi connectivity index (χ1n) is 4.86. The van der Waals surface area contributed by atoms with E-state index in [4.69, 9.17) is 16.0 Å². The summed E-state index contributed by atoms with van der Waals surface area (Å²) in [6, 6.07) is 6.54. The van der Waals surface area contributed by atoms with E-state index in [2.05, 4.69) is 5.32 Å². The third kappa shape index (κ3) is 2.57. The molecule has 1 heterocycles. The summed E-state index contributed by atoms with van der Waals surface area (Å²) < 4.78 is 4.90. The zero-order valence-electron chi connectivity index (χ0n) is 8.72. The van der Waals surface area contributed by atoms with Crippen LogP contribution in [0, 0.1) is 10.1 Å². The number of furan rings is 1. The minimum Gasteiger partial charge on any atom is -0.472 e. The van der Waals surface area contributed by atoms with Crippen molar-refractivity contribution in [1.82, 2.24) is 0 Å². The van der Waals surface area contributed by atoms with Crippen molar-refractivity contribution in [3.05, 3.63) is 57.5 Å². The van der Waals surface area contributed by atoms with Crippen molar-refractivity contribution >= 4 is 23.0 Å². The number of para-hydroxylation sites is 1. The average molecular weight is 253 g/mol. The van der Waals surface area contributed by atoms with E-state index in [1.807, 2.05) is 0 Å².